The molecule has 2 N–H and O–H groups in total. The maximum absolute atomic E-state index is 11.6. The zero-order chi connectivity index (χ0) is 12.8. The average molecular weight is 258 g/mol. The molecule has 1 amide bonds. The molecule has 0 heterocycles. The first-order valence-electron chi connectivity index (χ1n) is 5.39. The molecule has 0 spiro atoms. The van der Waals surface area contributed by atoms with Gasteiger partial charge in [0.25, 0.3) is 5.91 Å². The molecule has 0 saturated carbocycles. The van der Waals surface area contributed by atoms with E-state index in [9.17, 15) is 9.90 Å². The lowest BCUT2D eigenvalue weighted by molar-refractivity contribution is 0.0746. The molecular formula is C12H16ClNO3. The molecule has 94 valence electrons. The smallest absolute Gasteiger partial charge is 0.251 e. The van der Waals surface area contributed by atoms with Gasteiger partial charge in [-0.2, -0.15) is 0 Å². The second-order valence-corrected chi connectivity index (χ2v) is 4.25. The number of hydrogen-bond donors (Lipinski definition) is 2. The Morgan fingerprint density at radius 3 is 2.82 bits per heavy atom. The lowest BCUT2D eigenvalue weighted by Crippen LogP contribution is -2.28. The highest BCUT2D eigenvalue weighted by Gasteiger charge is 2.07. The summed E-state index contributed by atoms with van der Waals surface area (Å²) in [7, 11) is 0. The molecule has 1 rings (SSSR count). The number of phenols is 1. The number of carbonyl (C=O) groups excluding carboxylic acids is 1. The minimum atomic E-state index is -0.237. The van der Waals surface area contributed by atoms with Gasteiger partial charge >= 0.3 is 0 Å². The van der Waals surface area contributed by atoms with Crippen LogP contribution in [0.2, 0.25) is 5.02 Å². The van der Waals surface area contributed by atoms with Crippen LogP contribution in [-0.4, -0.2) is 30.3 Å². The zero-order valence-electron chi connectivity index (χ0n) is 9.87. The minimum absolute atomic E-state index is 0.0358. The summed E-state index contributed by atoms with van der Waals surface area (Å²) in [5.41, 5.74) is 0.414. The molecule has 0 unspecified atom stereocenters. The Labute approximate surface area is 106 Å². The molecule has 0 aliphatic rings. The fourth-order valence-electron chi connectivity index (χ4n) is 1.21. The highest BCUT2D eigenvalue weighted by molar-refractivity contribution is 6.32. The van der Waals surface area contributed by atoms with Crippen LogP contribution in [0.3, 0.4) is 0 Å². The molecular weight excluding hydrogens is 242 g/mol. The molecule has 0 atom stereocenters. The van der Waals surface area contributed by atoms with Crippen molar-refractivity contribution in [2.24, 2.45) is 0 Å². The van der Waals surface area contributed by atoms with E-state index in [1.807, 2.05) is 13.8 Å². The maximum Gasteiger partial charge on any atom is 0.251 e. The van der Waals surface area contributed by atoms with Crippen molar-refractivity contribution in [3.8, 4) is 5.75 Å². The predicted molar refractivity (Wildman–Crippen MR) is 66.5 cm³/mol. The minimum Gasteiger partial charge on any atom is -0.506 e. The monoisotopic (exact) mass is 257 g/mol. The second kappa shape index (κ2) is 6.47. The number of rotatable bonds is 5. The molecule has 17 heavy (non-hydrogen) atoms. The summed E-state index contributed by atoms with van der Waals surface area (Å²) in [4.78, 5) is 11.6. The Bertz CT molecular complexity index is 393. The molecule has 0 aliphatic heterocycles. The molecule has 5 heteroatoms. The van der Waals surface area contributed by atoms with Gasteiger partial charge in [0.05, 0.1) is 17.7 Å². The van der Waals surface area contributed by atoms with Gasteiger partial charge in [-0.3, -0.25) is 4.79 Å². The Morgan fingerprint density at radius 2 is 2.24 bits per heavy atom. The average Bonchev–Trinajstić information content (AvgIpc) is 2.27. The van der Waals surface area contributed by atoms with Crippen LogP contribution >= 0.6 is 11.6 Å². The number of amides is 1. The molecule has 4 nitrogen and oxygen atoms in total. The third-order valence-electron chi connectivity index (χ3n) is 2.05. The van der Waals surface area contributed by atoms with Gasteiger partial charge in [-0.15, -0.1) is 0 Å². The van der Waals surface area contributed by atoms with E-state index in [4.69, 9.17) is 16.3 Å². The summed E-state index contributed by atoms with van der Waals surface area (Å²) in [5, 5.41) is 12.1. The van der Waals surface area contributed by atoms with Crippen molar-refractivity contribution < 1.29 is 14.6 Å². The molecule has 0 bridgehead atoms. The number of carbonyl (C=O) groups is 1. The summed E-state index contributed by atoms with van der Waals surface area (Å²) in [6.07, 6.45) is 0.148. The maximum atomic E-state index is 11.6. The van der Waals surface area contributed by atoms with E-state index in [0.29, 0.717) is 18.7 Å². The van der Waals surface area contributed by atoms with Gasteiger partial charge in [-0.25, -0.2) is 0 Å². The SMILES string of the molecule is CC(C)OCCNC(=O)c1ccc(O)c(Cl)c1. The third-order valence-corrected chi connectivity index (χ3v) is 2.35. The molecule has 0 radical (unpaired) electrons. The van der Waals surface area contributed by atoms with Crippen LogP contribution in [0, 0.1) is 0 Å². The Hall–Kier alpha value is -1.26. The number of aromatic hydroxyl groups is 1. The Kier molecular flexibility index (Phi) is 5.25. The van der Waals surface area contributed by atoms with Crippen molar-refractivity contribution in [3.63, 3.8) is 0 Å². The first kappa shape index (κ1) is 13.8. The molecule has 0 saturated heterocycles. The van der Waals surface area contributed by atoms with Gasteiger partial charge in [0.15, 0.2) is 0 Å². The van der Waals surface area contributed by atoms with Crippen molar-refractivity contribution in [2.75, 3.05) is 13.2 Å². The van der Waals surface area contributed by atoms with E-state index in [0.717, 1.165) is 0 Å². The first-order valence-corrected chi connectivity index (χ1v) is 5.77. The lowest BCUT2D eigenvalue weighted by atomic mass is 10.2. The van der Waals surface area contributed by atoms with E-state index in [1.165, 1.54) is 18.2 Å². The van der Waals surface area contributed by atoms with Crippen LogP contribution in [0.25, 0.3) is 0 Å². The van der Waals surface area contributed by atoms with Crippen LogP contribution < -0.4 is 5.32 Å². The van der Waals surface area contributed by atoms with Crippen LogP contribution in [0.4, 0.5) is 0 Å². The van der Waals surface area contributed by atoms with Crippen molar-refractivity contribution in [1.82, 2.24) is 5.32 Å². The molecule has 0 aromatic heterocycles. The standard InChI is InChI=1S/C12H16ClNO3/c1-8(2)17-6-5-14-12(16)9-3-4-11(15)10(13)7-9/h3-4,7-8,15H,5-6H2,1-2H3,(H,14,16). The second-order valence-electron chi connectivity index (χ2n) is 3.84. The first-order chi connectivity index (χ1) is 8.00. The van der Waals surface area contributed by atoms with Crippen LogP contribution in [0.15, 0.2) is 18.2 Å². The Morgan fingerprint density at radius 1 is 1.53 bits per heavy atom. The van der Waals surface area contributed by atoms with E-state index in [2.05, 4.69) is 5.32 Å². The van der Waals surface area contributed by atoms with Gasteiger partial charge in [0, 0.05) is 12.1 Å². The summed E-state index contributed by atoms with van der Waals surface area (Å²) in [6.45, 7) is 4.77. The van der Waals surface area contributed by atoms with Crippen molar-refractivity contribution in [3.05, 3.63) is 28.8 Å². The quantitative estimate of drug-likeness (QED) is 0.795. The van der Waals surface area contributed by atoms with E-state index in [1.54, 1.807) is 0 Å². The van der Waals surface area contributed by atoms with E-state index in [-0.39, 0.29) is 22.8 Å². The highest BCUT2D eigenvalue weighted by Crippen LogP contribution is 2.23. The van der Waals surface area contributed by atoms with E-state index < -0.39 is 0 Å². The zero-order valence-corrected chi connectivity index (χ0v) is 10.6. The molecule has 1 aromatic carbocycles. The van der Waals surface area contributed by atoms with Crippen molar-refractivity contribution in [1.29, 1.82) is 0 Å². The lowest BCUT2D eigenvalue weighted by Gasteiger charge is -2.09. The normalized spacial score (nSPS) is 10.6. The largest absolute Gasteiger partial charge is 0.506 e. The summed E-state index contributed by atoms with van der Waals surface area (Å²) < 4.78 is 5.29. The summed E-state index contributed by atoms with van der Waals surface area (Å²) >= 11 is 5.71. The number of nitrogens with one attached hydrogen (secondary N) is 1. The fraction of sp³-hybridized carbons (Fsp3) is 0.417. The van der Waals surface area contributed by atoms with Crippen molar-refractivity contribution >= 4 is 17.5 Å². The number of benzene rings is 1. The van der Waals surface area contributed by atoms with Gasteiger partial charge in [0.1, 0.15) is 5.75 Å². The van der Waals surface area contributed by atoms with Crippen LogP contribution in [0.1, 0.15) is 24.2 Å². The third kappa shape index (κ3) is 4.63. The van der Waals surface area contributed by atoms with Gasteiger partial charge in [-0.05, 0) is 32.0 Å². The molecule has 0 fully saturated rings. The molecule has 1 aromatic rings. The van der Waals surface area contributed by atoms with Gasteiger partial charge < -0.3 is 15.2 Å². The number of hydrogen-bond acceptors (Lipinski definition) is 3. The number of phenolic OH excluding ortho intramolecular Hbond substituents is 1. The van der Waals surface area contributed by atoms with Gasteiger partial charge in [0.2, 0.25) is 0 Å². The predicted octanol–water partition coefficient (Wildman–Crippen LogP) is 2.20. The summed E-state index contributed by atoms with van der Waals surface area (Å²) in [5.74, 6) is -0.273. The fourth-order valence-corrected chi connectivity index (χ4v) is 1.39. The van der Waals surface area contributed by atoms with E-state index >= 15 is 0 Å². The number of ether oxygens (including phenoxy) is 1. The highest BCUT2D eigenvalue weighted by atomic mass is 35.5. The topological polar surface area (TPSA) is 58.6 Å². The van der Waals surface area contributed by atoms with Crippen LogP contribution in [-0.2, 0) is 4.74 Å². The van der Waals surface area contributed by atoms with Crippen molar-refractivity contribution in [2.45, 2.75) is 20.0 Å². The van der Waals surface area contributed by atoms with Crippen LogP contribution in [0.5, 0.6) is 5.75 Å². The summed E-state index contributed by atoms with van der Waals surface area (Å²) in [6, 6.07) is 4.33. The molecule has 0 aliphatic carbocycles. The number of halogens is 1. The van der Waals surface area contributed by atoms with Gasteiger partial charge in [-0.1, -0.05) is 11.6 Å². The Balaban J connectivity index is 2.44.